The summed E-state index contributed by atoms with van der Waals surface area (Å²) in [5, 5.41) is 8.72. The van der Waals surface area contributed by atoms with E-state index in [0.29, 0.717) is 11.9 Å². The third kappa shape index (κ3) is 3.97. The first-order valence-corrected chi connectivity index (χ1v) is 10.6. The van der Waals surface area contributed by atoms with Gasteiger partial charge in [-0.15, -0.1) is 0 Å². The Morgan fingerprint density at radius 2 is 1.75 bits per heavy atom. The Labute approximate surface area is 165 Å². The average Bonchev–Trinajstić information content (AvgIpc) is 2.76. The second-order valence-electron chi connectivity index (χ2n) is 8.30. The summed E-state index contributed by atoms with van der Waals surface area (Å²) in [6.45, 7) is 2.93. The molecule has 1 aliphatic carbocycles. The van der Waals surface area contributed by atoms with Crippen molar-refractivity contribution in [3.8, 4) is 0 Å². The fourth-order valence-corrected chi connectivity index (χ4v) is 4.88. The first-order valence-electron chi connectivity index (χ1n) is 10.6. The minimum absolute atomic E-state index is 0.0280. The van der Waals surface area contributed by atoms with Gasteiger partial charge in [-0.3, -0.25) is 14.5 Å². The lowest BCUT2D eigenvalue weighted by atomic mass is 9.79. The molecule has 0 bridgehead atoms. The standard InChI is InChI=1S/C22H30N4O2/c27-20(16-26-21(28)19-10-4-3-9-18(19)15-24-26)23-17-22(11-5-1-6-12-22)25-13-7-2-8-14-25/h3-4,9-10,15H,1-2,5-8,11-14,16-17H2,(H,23,27). The number of hydrogen-bond acceptors (Lipinski definition) is 4. The van der Waals surface area contributed by atoms with E-state index < -0.39 is 0 Å². The molecule has 2 heterocycles. The minimum Gasteiger partial charge on any atom is -0.353 e. The van der Waals surface area contributed by atoms with Crippen molar-refractivity contribution < 1.29 is 4.79 Å². The Kier molecular flexibility index (Phi) is 5.76. The van der Waals surface area contributed by atoms with Gasteiger partial charge in [0.25, 0.3) is 5.56 Å². The lowest BCUT2D eigenvalue weighted by Crippen LogP contribution is -2.58. The van der Waals surface area contributed by atoms with Crippen LogP contribution >= 0.6 is 0 Å². The first-order chi connectivity index (χ1) is 13.7. The molecule has 6 nitrogen and oxygen atoms in total. The molecule has 0 unspecified atom stereocenters. The molecule has 1 N–H and O–H groups in total. The molecule has 1 saturated heterocycles. The summed E-state index contributed by atoms with van der Waals surface area (Å²) in [6.07, 6.45) is 11.5. The summed E-state index contributed by atoms with van der Waals surface area (Å²) in [5.74, 6) is -0.133. The van der Waals surface area contributed by atoms with Gasteiger partial charge in [-0.2, -0.15) is 5.10 Å². The Morgan fingerprint density at radius 1 is 1.04 bits per heavy atom. The number of nitrogens with zero attached hydrogens (tertiary/aromatic N) is 3. The van der Waals surface area contributed by atoms with Gasteiger partial charge in [0.1, 0.15) is 6.54 Å². The van der Waals surface area contributed by atoms with Gasteiger partial charge < -0.3 is 5.32 Å². The Morgan fingerprint density at radius 3 is 2.54 bits per heavy atom. The van der Waals surface area contributed by atoms with Gasteiger partial charge in [-0.1, -0.05) is 43.9 Å². The molecular weight excluding hydrogens is 352 g/mol. The molecule has 1 saturated carbocycles. The summed E-state index contributed by atoms with van der Waals surface area (Å²) in [4.78, 5) is 27.9. The van der Waals surface area contributed by atoms with E-state index in [2.05, 4.69) is 15.3 Å². The number of amides is 1. The van der Waals surface area contributed by atoms with Crippen LogP contribution in [0.3, 0.4) is 0 Å². The van der Waals surface area contributed by atoms with Crippen molar-refractivity contribution in [2.45, 2.75) is 63.5 Å². The van der Waals surface area contributed by atoms with Crippen LogP contribution in [0.15, 0.2) is 35.3 Å². The van der Waals surface area contributed by atoms with Crippen LogP contribution in [0.1, 0.15) is 51.4 Å². The molecule has 2 aromatic rings. The lowest BCUT2D eigenvalue weighted by molar-refractivity contribution is -0.122. The number of piperidine rings is 1. The van der Waals surface area contributed by atoms with Crippen LogP contribution < -0.4 is 10.9 Å². The second kappa shape index (κ2) is 8.43. The number of aromatic nitrogens is 2. The molecule has 1 amide bonds. The number of hydrogen-bond donors (Lipinski definition) is 1. The molecule has 0 atom stereocenters. The zero-order valence-electron chi connectivity index (χ0n) is 16.5. The molecule has 0 spiro atoms. The van der Waals surface area contributed by atoms with E-state index in [1.54, 1.807) is 12.3 Å². The monoisotopic (exact) mass is 382 g/mol. The molecule has 1 aromatic heterocycles. The van der Waals surface area contributed by atoms with Crippen molar-refractivity contribution >= 4 is 16.7 Å². The van der Waals surface area contributed by atoms with E-state index in [9.17, 15) is 9.59 Å². The van der Waals surface area contributed by atoms with Crippen molar-refractivity contribution in [1.29, 1.82) is 0 Å². The first kappa shape index (κ1) is 19.1. The number of likely N-dealkylation sites (tertiary alicyclic amines) is 1. The highest BCUT2D eigenvalue weighted by molar-refractivity contribution is 5.81. The summed E-state index contributed by atoms with van der Waals surface area (Å²) in [7, 11) is 0. The Hall–Kier alpha value is -2.21. The second-order valence-corrected chi connectivity index (χ2v) is 8.30. The molecule has 1 aliphatic heterocycles. The van der Waals surface area contributed by atoms with Crippen molar-refractivity contribution in [2.24, 2.45) is 0 Å². The predicted octanol–water partition coefficient (Wildman–Crippen LogP) is 2.70. The summed E-state index contributed by atoms with van der Waals surface area (Å²) >= 11 is 0. The number of carbonyl (C=O) groups excluding carboxylic acids is 1. The fraction of sp³-hybridized carbons (Fsp3) is 0.591. The molecule has 2 fully saturated rings. The average molecular weight is 383 g/mol. The third-order valence-electron chi connectivity index (χ3n) is 6.48. The van der Waals surface area contributed by atoms with E-state index in [1.807, 2.05) is 18.2 Å². The van der Waals surface area contributed by atoms with Crippen LogP contribution in [0.4, 0.5) is 0 Å². The summed E-state index contributed by atoms with van der Waals surface area (Å²) in [6, 6.07) is 7.35. The number of nitrogens with one attached hydrogen (secondary N) is 1. The quantitative estimate of drug-likeness (QED) is 0.863. The molecule has 4 rings (SSSR count). The van der Waals surface area contributed by atoms with Gasteiger partial charge in [0.15, 0.2) is 0 Å². The van der Waals surface area contributed by atoms with Gasteiger partial charge >= 0.3 is 0 Å². The van der Waals surface area contributed by atoms with Crippen molar-refractivity contribution in [3.05, 3.63) is 40.8 Å². The zero-order valence-corrected chi connectivity index (χ0v) is 16.5. The van der Waals surface area contributed by atoms with Crippen molar-refractivity contribution in [2.75, 3.05) is 19.6 Å². The molecule has 0 radical (unpaired) electrons. The fourth-order valence-electron chi connectivity index (χ4n) is 4.88. The highest BCUT2D eigenvalue weighted by atomic mass is 16.2. The largest absolute Gasteiger partial charge is 0.353 e. The highest BCUT2D eigenvalue weighted by Crippen LogP contribution is 2.35. The van der Waals surface area contributed by atoms with Gasteiger partial charge in [0, 0.05) is 17.5 Å². The maximum absolute atomic E-state index is 12.6. The topological polar surface area (TPSA) is 67.2 Å². The van der Waals surface area contributed by atoms with Crippen LogP contribution in [-0.2, 0) is 11.3 Å². The maximum Gasteiger partial charge on any atom is 0.275 e. The molecule has 6 heteroatoms. The van der Waals surface area contributed by atoms with Crippen molar-refractivity contribution in [3.63, 3.8) is 0 Å². The van der Waals surface area contributed by atoms with Crippen molar-refractivity contribution in [1.82, 2.24) is 20.0 Å². The molecule has 150 valence electrons. The Bertz CT molecular complexity index is 879. The summed E-state index contributed by atoms with van der Waals surface area (Å²) < 4.78 is 1.27. The van der Waals surface area contributed by atoms with Gasteiger partial charge in [-0.25, -0.2) is 4.68 Å². The van der Waals surface area contributed by atoms with Crippen LogP contribution in [0.5, 0.6) is 0 Å². The van der Waals surface area contributed by atoms with E-state index in [4.69, 9.17) is 0 Å². The van der Waals surface area contributed by atoms with E-state index in [1.165, 1.54) is 43.2 Å². The van der Waals surface area contributed by atoms with Crippen LogP contribution in [0.25, 0.3) is 10.8 Å². The molecule has 1 aromatic carbocycles. The normalized spacial score (nSPS) is 20.1. The highest BCUT2D eigenvalue weighted by Gasteiger charge is 2.38. The van der Waals surface area contributed by atoms with Gasteiger partial charge in [0.05, 0.1) is 11.6 Å². The SMILES string of the molecule is O=C(Cn1ncc2ccccc2c1=O)NCC1(N2CCCCC2)CCCCC1. The third-order valence-corrected chi connectivity index (χ3v) is 6.48. The van der Waals surface area contributed by atoms with E-state index in [-0.39, 0.29) is 23.6 Å². The number of carbonyl (C=O) groups is 1. The Balaban J connectivity index is 1.44. The zero-order chi connectivity index (χ0) is 19.4. The van der Waals surface area contributed by atoms with Crippen LogP contribution in [0.2, 0.25) is 0 Å². The van der Waals surface area contributed by atoms with E-state index in [0.717, 1.165) is 31.3 Å². The van der Waals surface area contributed by atoms with Gasteiger partial charge in [-0.05, 0) is 44.8 Å². The minimum atomic E-state index is -0.211. The van der Waals surface area contributed by atoms with Crippen LogP contribution in [0, 0.1) is 0 Å². The summed E-state index contributed by atoms with van der Waals surface area (Å²) in [5.41, 5.74) is -0.118. The number of fused-ring (bicyclic) bond motifs is 1. The predicted molar refractivity (Wildman–Crippen MR) is 110 cm³/mol. The molecule has 2 aliphatic rings. The molecular formula is C22H30N4O2. The smallest absolute Gasteiger partial charge is 0.275 e. The van der Waals surface area contributed by atoms with Gasteiger partial charge in [0.2, 0.25) is 5.91 Å². The number of rotatable bonds is 5. The lowest BCUT2D eigenvalue weighted by Gasteiger charge is -2.48. The number of benzene rings is 1. The van der Waals surface area contributed by atoms with E-state index >= 15 is 0 Å². The maximum atomic E-state index is 12.6. The molecule has 28 heavy (non-hydrogen) atoms. The van der Waals surface area contributed by atoms with Crippen LogP contribution in [-0.4, -0.2) is 45.8 Å².